The molecule has 0 bridgehead atoms. The maximum Gasteiger partial charge on any atom is 0.219 e. The second-order valence-corrected chi connectivity index (χ2v) is 4.23. The van der Waals surface area contributed by atoms with Crippen LogP contribution in [0.4, 0.5) is 5.82 Å². The molecule has 0 aliphatic heterocycles. The van der Waals surface area contributed by atoms with Crippen molar-refractivity contribution in [2.45, 2.75) is 6.42 Å². The molecule has 0 atom stereocenters. The van der Waals surface area contributed by atoms with Crippen LogP contribution in [0.2, 0.25) is 0 Å². The molecule has 5 nitrogen and oxygen atoms in total. The lowest BCUT2D eigenvalue weighted by Gasteiger charge is -2.09. The lowest BCUT2D eigenvalue weighted by Crippen LogP contribution is -2.05. The highest BCUT2D eigenvalue weighted by Gasteiger charge is 2.06. The average Bonchev–Trinajstić information content (AvgIpc) is 2.52. The molecule has 0 aliphatic carbocycles. The van der Waals surface area contributed by atoms with E-state index in [0.29, 0.717) is 24.9 Å². The van der Waals surface area contributed by atoms with Crippen molar-refractivity contribution in [1.82, 2.24) is 9.97 Å². The number of aromatic nitrogens is 2. The summed E-state index contributed by atoms with van der Waals surface area (Å²) < 4.78 is 10.6. The first-order valence-electron chi connectivity index (χ1n) is 6.57. The summed E-state index contributed by atoms with van der Waals surface area (Å²) in [7, 11) is 3.50. The Labute approximate surface area is 119 Å². The maximum atomic E-state index is 5.64. The number of ether oxygens (including phenoxy) is 2. The van der Waals surface area contributed by atoms with Gasteiger partial charge in [0.2, 0.25) is 5.88 Å². The summed E-state index contributed by atoms with van der Waals surface area (Å²) in [4.78, 5) is 8.87. The van der Waals surface area contributed by atoms with Gasteiger partial charge in [-0.1, -0.05) is 30.3 Å². The third kappa shape index (κ3) is 3.93. The molecule has 0 amide bonds. The molecular weight excluding hydrogens is 254 g/mol. The van der Waals surface area contributed by atoms with Crippen molar-refractivity contribution in [1.29, 1.82) is 0 Å². The predicted octanol–water partition coefficient (Wildman–Crippen LogP) is 2.60. The Morgan fingerprint density at radius 1 is 1.10 bits per heavy atom. The Bertz CT molecular complexity index is 532. The van der Waals surface area contributed by atoms with Gasteiger partial charge in [-0.2, -0.15) is 4.98 Å². The van der Waals surface area contributed by atoms with Crippen LogP contribution in [0.5, 0.6) is 5.88 Å². The van der Waals surface area contributed by atoms with E-state index >= 15 is 0 Å². The zero-order valence-corrected chi connectivity index (χ0v) is 11.8. The molecule has 5 heteroatoms. The standard InChI is InChI=1S/C15H19N3O2/c1-16-13-11-14(20-10-6-9-19-2)18-15(17-13)12-7-4-3-5-8-12/h3-5,7-8,11H,6,9-10H2,1-2H3,(H,16,17,18). The van der Waals surface area contributed by atoms with Crippen LogP contribution in [0.25, 0.3) is 11.4 Å². The molecular formula is C15H19N3O2. The van der Waals surface area contributed by atoms with Crippen molar-refractivity contribution in [3.63, 3.8) is 0 Å². The monoisotopic (exact) mass is 273 g/mol. The predicted molar refractivity (Wildman–Crippen MR) is 79.0 cm³/mol. The van der Waals surface area contributed by atoms with Gasteiger partial charge in [-0.15, -0.1) is 0 Å². The van der Waals surface area contributed by atoms with Crippen LogP contribution in [0, 0.1) is 0 Å². The number of nitrogens with zero attached hydrogens (tertiary/aromatic N) is 2. The van der Waals surface area contributed by atoms with Gasteiger partial charge in [0.25, 0.3) is 0 Å². The van der Waals surface area contributed by atoms with Gasteiger partial charge in [-0.05, 0) is 0 Å². The minimum atomic E-state index is 0.569. The molecule has 2 aromatic rings. The van der Waals surface area contributed by atoms with E-state index in [2.05, 4.69) is 15.3 Å². The molecule has 0 spiro atoms. The molecule has 0 aliphatic rings. The van der Waals surface area contributed by atoms with Crippen LogP contribution in [0.3, 0.4) is 0 Å². The molecule has 1 N–H and O–H groups in total. The fraction of sp³-hybridized carbons (Fsp3) is 0.333. The van der Waals surface area contributed by atoms with Gasteiger partial charge in [-0.25, -0.2) is 4.98 Å². The van der Waals surface area contributed by atoms with Crippen molar-refractivity contribution in [3.05, 3.63) is 36.4 Å². The second kappa shape index (κ2) is 7.45. The van der Waals surface area contributed by atoms with Gasteiger partial charge >= 0.3 is 0 Å². The Balaban J connectivity index is 2.16. The summed E-state index contributed by atoms with van der Waals surface area (Å²) in [6.45, 7) is 1.25. The number of hydrogen-bond acceptors (Lipinski definition) is 5. The Morgan fingerprint density at radius 3 is 2.60 bits per heavy atom. The first kappa shape index (κ1) is 14.3. The second-order valence-electron chi connectivity index (χ2n) is 4.23. The van der Waals surface area contributed by atoms with Crippen LogP contribution in [0.15, 0.2) is 36.4 Å². The smallest absolute Gasteiger partial charge is 0.219 e. The molecule has 20 heavy (non-hydrogen) atoms. The van der Waals surface area contributed by atoms with Gasteiger partial charge in [0.1, 0.15) is 5.82 Å². The van der Waals surface area contributed by atoms with E-state index < -0.39 is 0 Å². The lowest BCUT2D eigenvalue weighted by molar-refractivity contribution is 0.170. The van der Waals surface area contributed by atoms with Gasteiger partial charge in [-0.3, -0.25) is 0 Å². The molecule has 1 heterocycles. The van der Waals surface area contributed by atoms with E-state index in [1.165, 1.54) is 0 Å². The highest BCUT2D eigenvalue weighted by atomic mass is 16.5. The van der Waals surface area contributed by atoms with Crippen LogP contribution in [-0.2, 0) is 4.74 Å². The van der Waals surface area contributed by atoms with Crippen molar-refractivity contribution < 1.29 is 9.47 Å². The molecule has 0 unspecified atom stereocenters. The minimum Gasteiger partial charge on any atom is -0.477 e. The van der Waals surface area contributed by atoms with E-state index in [1.54, 1.807) is 13.2 Å². The summed E-state index contributed by atoms with van der Waals surface area (Å²) in [5.74, 6) is 1.96. The third-order valence-electron chi connectivity index (χ3n) is 2.73. The maximum absolute atomic E-state index is 5.64. The van der Waals surface area contributed by atoms with Gasteiger partial charge in [0.15, 0.2) is 5.82 Å². The van der Waals surface area contributed by atoms with Gasteiger partial charge in [0.05, 0.1) is 6.61 Å². The first-order valence-corrected chi connectivity index (χ1v) is 6.57. The molecule has 0 saturated carbocycles. The summed E-state index contributed by atoms with van der Waals surface area (Å²) in [6.07, 6.45) is 0.829. The highest BCUT2D eigenvalue weighted by Crippen LogP contribution is 2.21. The summed E-state index contributed by atoms with van der Waals surface area (Å²) >= 11 is 0. The number of nitrogens with one attached hydrogen (secondary N) is 1. The summed E-state index contributed by atoms with van der Waals surface area (Å²) in [5.41, 5.74) is 0.964. The van der Waals surface area contributed by atoms with E-state index in [-0.39, 0.29) is 0 Å². The fourth-order valence-electron chi connectivity index (χ4n) is 1.72. The summed E-state index contributed by atoms with van der Waals surface area (Å²) in [6, 6.07) is 11.6. The average molecular weight is 273 g/mol. The van der Waals surface area contributed by atoms with Crippen molar-refractivity contribution in [2.75, 3.05) is 32.7 Å². The van der Waals surface area contributed by atoms with E-state index in [4.69, 9.17) is 9.47 Å². The van der Waals surface area contributed by atoms with Crippen LogP contribution < -0.4 is 10.1 Å². The van der Waals surface area contributed by atoms with Gasteiger partial charge in [0, 0.05) is 38.8 Å². The number of rotatable bonds is 7. The van der Waals surface area contributed by atoms with E-state index in [9.17, 15) is 0 Å². The zero-order valence-electron chi connectivity index (χ0n) is 11.8. The van der Waals surface area contributed by atoms with Gasteiger partial charge < -0.3 is 14.8 Å². The summed E-state index contributed by atoms with van der Waals surface area (Å²) in [5, 5.41) is 3.02. The molecule has 0 fully saturated rings. The largest absolute Gasteiger partial charge is 0.477 e. The number of benzene rings is 1. The minimum absolute atomic E-state index is 0.569. The molecule has 1 aromatic carbocycles. The van der Waals surface area contributed by atoms with Crippen molar-refractivity contribution in [3.8, 4) is 17.3 Å². The fourth-order valence-corrected chi connectivity index (χ4v) is 1.72. The number of hydrogen-bond donors (Lipinski definition) is 1. The highest BCUT2D eigenvalue weighted by molar-refractivity contribution is 5.58. The Kier molecular flexibility index (Phi) is 5.32. The first-order chi connectivity index (χ1) is 9.83. The number of methoxy groups -OCH3 is 1. The van der Waals surface area contributed by atoms with Crippen LogP contribution in [0.1, 0.15) is 6.42 Å². The third-order valence-corrected chi connectivity index (χ3v) is 2.73. The topological polar surface area (TPSA) is 56.3 Å². The van der Waals surface area contributed by atoms with Crippen molar-refractivity contribution in [2.24, 2.45) is 0 Å². The lowest BCUT2D eigenvalue weighted by atomic mass is 10.2. The van der Waals surface area contributed by atoms with E-state index in [0.717, 1.165) is 17.8 Å². The SMILES string of the molecule is CNc1cc(OCCCOC)nc(-c2ccccc2)n1. The van der Waals surface area contributed by atoms with Crippen molar-refractivity contribution >= 4 is 5.82 Å². The quantitative estimate of drug-likeness (QED) is 0.786. The zero-order chi connectivity index (χ0) is 14.2. The molecule has 0 saturated heterocycles. The molecule has 2 rings (SSSR count). The molecule has 0 radical (unpaired) electrons. The number of anilines is 1. The van der Waals surface area contributed by atoms with Crippen LogP contribution in [-0.4, -0.2) is 37.3 Å². The Morgan fingerprint density at radius 2 is 1.90 bits per heavy atom. The van der Waals surface area contributed by atoms with Crippen LogP contribution >= 0.6 is 0 Å². The van der Waals surface area contributed by atoms with E-state index in [1.807, 2.05) is 37.4 Å². The normalized spacial score (nSPS) is 10.3. The molecule has 1 aromatic heterocycles. The Hall–Kier alpha value is -2.14. The molecule has 106 valence electrons.